The lowest BCUT2D eigenvalue weighted by Crippen LogP contribution is -2.23. The Morgan fingerprint density at radius 1 is 0.724 bits per heavy atom. The molecule has 0 aliphatic rings. The third-order valence-electron chi connectivity index (χ3n) is 5.45. The van der Waals surface area contributed by atoms with Gasteiger partial charge in [-0.3, -0.25) is 0 Å². The van der Waals surface area contributed by atoms with Crippen LogP contribution in [0.1, 0.15) is 48.4 Å². The highest BCUT2D eigenvalue weighted by molar-refractivity contribution is 5.43. The van der Waals surface area contributed by atoms with Gasteiger partial charge < -0.3 is 14.8 Å². The van der Waals surface area contributed by atoms with Gasteiger partial charge >= 0.3 is 0 Å². The zero-order valence-electron chi connectivity index (χ0n) is 17.6. The molecule has 3 aromatic carbocycles. The lowest BCUT2D eigenvalue weighted by Gasteiger charge is -2.22. The molecule has 29 heavy (non-hydrogen) atoms. The molecule has 1 N–H and O–H groups in total. The summed E-state index contributed by atoms with van der Waals surface area (Å²) in [5.74, 6) is 1.92. The van der Waals surface area contributed by atoms with Gasteiger partial charge in [-0.15, -0.1) is 0 Å². The van der Waals surface area contributed by atoms with Crippen molar-refractivity contribution in [2.45, 2.75) is 31.7 Å². The van der Waals surface area contributed by atoms with Crippen LogP contribution in [0, 0.1) is 0 Å². The minimum Gasteiger partial charge on any atom is -0.493 e. The molecule has 0 bridgehead atoms. The van der Waals surface area contributed by atoms with Crippen LogP contribution in [-0.2, 0) is 0 Å². The van der Waals surface area contributed by atoms with Gasteiger partial charge in [0, 0.05) is 12.0 Å². The molecule has 1 unspecified atom stereocenters. The summed E-state index contributed by atoms with van der Waals surface area (Å²) in [7, 11) is 3.35. The highest BCUT2D eigenvalue weighted by atomic mass is 16.5. The summed E-state index contributed by atoms with van der Waals surface area (Å²) in [6.45, 7) is 3.14. The number of benzene rings is 3. The van der Waals surface area contributed by atoms with Gasteiger partial charge in [0.1, 0.15) is 0 Å². The Morgan fingerprint density at radius 2 is 1.31 bits per heavy atom. The third kappa shape index (κ3) is 5.39. The van der Waals surface area contributed by atoms with Crippen molar-refractivity contribution in [3.8, 4) is 11.5 Å². The lowest BCUT2D eigenvalue weighted by molar-refractivity contribution is 0.353. The Labute approximate surface area is 174 Å². The van der Waals surface area contributed by atoms with E-state index in [-0.39, 0.29) is 6.04 Å². The zero-order valence-corrected chi connectivity index (χ0v) is 17.6. The molecule has 0 aromatic heterocycles. The maximum absolute atomic E-state index is 5.48. The fraction of sp³-hybridized carbons (Fsp3) is 0.308. The molecule has 3 aromatic rings. The highest BCUT2D eigenvalue weighted by Crippen LogP contribution is 2.31. The first-order valence-corrected chi connectivity index (χ1v) is 10.3. The molecule has 0 aliphatic heterocycles. The molecule has 0 fully saturated rings. The molecule has 0 radical (unpaired) electrons. The average molecular weight is 390 g/mol. The molecular weight excluding hydrogens is 358 g/mol. The Bertz CT molecular complexity index is 825. The van der Waals surface area contributed by atoms with Crippen LogP contribution in [0.3, 0.4) is 0 Å². The van der Waals surface area contributed by atoms with Crippen molar-refractivity contribution in [2.24, 2.45) is 0 Å². The maximum atomic E-state index is 5.48. The molecule has 0 saturated heterocycles. The monoisotopic (exact) mass is 389 g/mol. The number of ether oxygens (including phenoxy) is 2. The van der Waals surface area contributed by atoms with Gasteiger partial charge in [0.25, 0.3) is 0 Å². The van der Waals surface area contributed by atoms with Crippen molar-refractivity contribution in [3.05, 3.63) is 95.6 Å². The van der Waals surface area contributed by atoms with Crippen LogP contribution in [0.25, 0.3) is 0 Å². The van der Waals surface area contributed by atoms with Gasteiger partial charge in [-0.1, -0.05) is 73.7 Å². The van der Waals surface area contributed by atoms with Gasteiger partial charge in [-0.2, -0.15) is 0 Å². The van der Waals surface area contributed by atoms with Crippen molar-refractivity contribution in [2.75, 3.05) is 20.8 Å². The van der Waals surface area contributed by atoms with Crippen LogP contribution in [0.2, 0.25) is 0 Å². The fourth-order valence-corrected chi connectivity index (χ4v) is 3.87. The number of hydrogen-bond acceptors (Lipinski definition) is 3. The normalized spacial score (nSPS) is 12.0. The van der Waals surface area contributed by atoms with Gasteiger partial charge in [-0.05, 0) is 48.2 Å². The van der Waals surface area contributed by atoms with E-state index in [0.29, 0.717) is 5.92 Å². The average Bonchev–Trinajstić information content (AvgIpc) is 2.80. The minimum atomic E-state index is 0.280. The quantitative estimate of drug-likeness (QED) is 0.464. The van der Waals surface area contributed by atoms with Crippen LogP contribution in [-0.4, -0.2) is 20.8 Å². The van der Waals surface area contributed by atoms with Gasteiger partial charge in [0.15, 0.2) is 11.5 Å². The predicted molar refractivity (Wildman–Crippen MR) is 120 cm³/mol. The van der Waals surface area contributed by atoms with Crippen molar-refractivity contribution < 1.29 is 9.47 Å². The summed E-state index contributed by atoms with van der Waals surface area (Å²) < 4.78 is 10.8. The fourth-order valence-electron chi connectivity index (χ4n) is 3.87. The van der Waals surface area contributed by atoms with E-state index >= 15 is 0 Å². The van der Waals surface area contributed by atoms with Gasteiger partial charge in [0.05, 0.1) is 14.2 Å². The lowest BCUT2D eigenvalue weighted by atomic mass is 9.88. The second kappa shape index (κ2) is 10.7. The number of rotatable bonds is 10. The maximum Gasteiger partial charge on any atom is 0.161 e. The van der Waals surface area contributed by atoms with E-state index in [4.69, 9.17) is 9.47 Å². The van der Waals surface area contributed by atoms with Crippen molar-refractivity contribution >= 4 is 0 Å². The van der Waals surface area contributed by atoms with Crippen molar-refractivity contribution in [1.29, 1.82) is 0 Å². The van der Waals surface area contributed by atoms with Crippen LogP contribution < -0.4 is 14.8 Å². The topological polar surface area (TPSA) is 30.5 Å². The van der Waals surface area contributed by atoms with E-state index in [1.807, 2.05) is 6.07 Å². The first-order valence-electron chi connectivity index (χ1n) is 10.3. The highest BCUT2D eigenvalue weighted by Gasteiger charge is 2.16. The summed E-state index contributed by atoms with van der Waals surface area (Å²) >= 11 is 0. The van der Waals surface area contributed by atoms with E-state index < -0.39 is 0 Å². The molecule has 3 heteroatoms. The molecule has 0 amide bonds. The van der Waals surface area contributed by atoms with Gasteiger partial charge in [0.2, 0.25) is 0 Å². The Morgan fingerprint density at radius 3 is 1.83 bits per heavy atom. The molecular formula is C26H31NO2. The second-order valence-corrected chi connectivity index (χ2v) is 7.19. The molecule has 0 heterocycles. The molecule has 3 nitrogen and oxygen atoms in total. The Balaban J connectivity index is 1.71. The van der Waals surface area contributed by atoms with Crippen LogP contribution in [0.15, 0.2) is 78.9 Å². The van der Waals surface area contributed by atoms with E-state index in [1.54, 1.807) is 14.2 Å². The molecule has 1 atom stereocenters. The van der Waals surface area contributed by atoms with E-state index in [9.17, 15) is 0 Å². The molecule has 3 rings (SSSR count). The standard InChI is InChI=1S/C26H31NO2/c1-4-24(22-15-16-25(28-2)26(19-22)29-3)27-18-17-23(20-11-7-5-8-12-20)21-13-9-6-10-14-21/h5-16,19,23-24,27H,4,17-18H2,1-3H3. The Kier molecular flexibility index (Phi) is 7.71. The number of nitrogens with one attached hydrogen (secondary N) is 1. The third-order valence-corrected chi connectivity index (χ3v) is 5.45. The molecule has 0 saturated carbocycles. The second-order valence-electron chi connectivity index (χ2n) is 7.19. The van der Waals surface area contributed by atoms with E-state index in [2.05, 4.69) is 85.0 Å². The summed E-state index contributed by atoms with van der Waals surface area (Å²) in [5, 5.41) is 3.75. The van der Waals surface area contributed by atoms with Crippen molar-refractivity contribution in [3.63, 3.8) is 0 Å². The zero-order chi connectivity index (χ0) is 20.5. The summed E-state index contributed by atoms with van der Waals surface area (Å²) in [5.41, 5.74) is 3.94. The smallest absolute Gasteiger partial charge is 0.161 e. The SMILES string of the molecule is CCC(NCCC(c1ccccc1)c1ccccc1)c1ccc(OC)c(OC)c1. The van der Waals surface area contributed by atoms with Crippen LogP contribution in [0.5, 0.6) is 11.5 Å². The molecule has 152 valence electrons. The van der Waals surface area contributed by atoms with Crippen molar-refractivity contribution in [1.82, 2.24) is 5.32 Å². The molecule has 0 spiro atoms. The van der Waals surface area contributed by atoms with E-state index in [1.165, 1.54) is 16.7 Å². The van der Waals surface area contributed by atoms with Crippen LogP contribution in [0.4, 0.5) is 0 Å². The van der Waals surface area contributed by atoms with E-state index in [0.717, 1.165) is 30.9 Å². The van der Waals surface area contributed by atoms with Gasteiger partial charge in [-0.25, -0.2) is 0 Å². The summed E-state index contributed by atoms with van der Waals surface area (Å²) in [4.78, 5) is 0. The Hall–Kier alpha value is -2.78. The predicted octanol–water partition coefficient (Wildman–Crippen LogP) is 5.97. The molecule has 0 aliphatic carbocycles. The summed E-state index contributed by atoms with van der Waals surface area (Å²) in [6.07, 6.45) is 2.05. The number of hydrogen-bond donors (Lipinski definition) is 1. The minimum absolute atomic E-state index is 0.280. The largest absolute Gasteiger partial charge is 0.493 e. The van der Waals surface area contributed by atoms with Crippen LogP contribution >= 0.6 is 0 Å². The first-order chi connectivity index (χ1) is 14.3. The summed E-state index contributed by atoms with van der Waals surface area (Å²) in [6, 6.07) is 28.0. The number of methoxy groups -OCH3 is 2. The first kappa shape index (κ1) is 20.9.